The topological polar surface area (TPSA) is 57.6 Å². The van der Waals surface area contributed by atoms with E-state index < -0.39 is 26.2 Å². The van der Waals surface area contributed by atoms with Crippen LogP contribution in [0.2, 0.25) is 10.0 Å². The van der Waals surface area contributed by atoms with Crippen molar-refractivity contribution in [3.05, 3.63) is 99.5 Å². The summed E-state index contributed by atoms with van der Waals surface area (Å²) >= 11 is 11.8. The van der Waals surface area contributed by atoms with Gasteiger partial charge in [-0.05, 0) is 64.9 Å². The van der Waals surface area contributed by atoms with Gasteiger partial charge in [-0.3, -0.25) is 4.90 Å². The number of β-amino-alcohol motifs (C(OH)–C–C–N with tert-alkyl or cyclic N) is 1. The molecule has 1 saturated heterocycles. The van der Waals surface area contributed by atoms with E-state index in [1.807, 2.05) is 29.2 Å². The maximum atomic E-state index is 12.9. The maximum Gasteiger partial charge on any atom is 0.446 e. The van der Waals surface area contributed by atoms with Crippen LogP contribution >= 0.6 is 35.0 Å². The lowest BCUT2D eigenvalue weighted by Crippen LogP contribution is -2.66. The molecule has 0 saturated carbocycles. The quantitative estimate of drug-likeness (QED) is 0.325. The fourth-order valence-electron chi connectivity index (χ4n) is 4.74. The van der Waals surface area contributed by atoms with Gasteiger partial charge in [0.2, 0.25) is 0 Å². The van der Waals surface area contributed by atoms with Crippen molar-refractivity contribution in [1.29, 1.82) is 0 Å². The van der Waals surface area contributed by atoms with Crippen molar-refractivity contribution in [3.8, 4) is 0 Å². The summed E-state index contributed by atoms with van der Waals surface area (Å²) < 4.78 is 64.4. The zero-order valence-corrected chi connectivity index (χ0v) is 22.1. The summed E-state index contributed by atoms with van der Waals surface area (Å²) in [7, 11) is -3.89. The molecule has 4 rings (SSSR count). The number of nitrogens with zero attached hydrogens (tertiary/aromatic N) is 1. The lowest BCUT2D eigenvalue weighted by molar-refractivity contribution is -0.112. The van der Waals surface area contributed by atoms with Crippen LogP contribution in [0.5, 0.6) is 0 Å². The minimum Gasteiger partial charge on any atom is -0.385 e. The molecular formula is C25H22Cl2F3NO3S2. The van der Waals surface area contributed by atoms with Crippen LogP contribution in [0.1, 0.15) is 28.0 Å². The number of benzene rings is 3. The van der Waals surface area contributed by atoms with E-state index in [0.29, 0.717) is 10.0 Å². The van der Waals surface area contributed by atoms with Crippen LogP contribution in [-0.4, -0.2) is 48.9 Å². The highest BCUT2D eigenvalue weighted by Gasteiger charge is 2.54. The number of hydrogen-bond acceptors (Lipinski definition) is 5. The van der Waals surface area contributed by atoms with Gasteiger partial charge in [0.25, 0.3) is 0 Å². The van der Waals surface area contributed by atoms with Crippen molar-refractivity contribution in [3.63, 3.8) is 0 Å². The smallest absolute Gasteiger partial charge is 0.385 e. The number of aliphatic hydroxyl groups is 1. The summed E-state index contributed by atoms with van der Waals surface area (Å²) in [6.45, 7) is -0.0331. The van der Waals surface area contributed by atoms with E-state index in [0.717, 1.165) is 17.4 Å². The molecule has 1 unspecified atom stereocenters. The van der Waals surface area contributed by atoms with Crippen molar-refractivity contribution in [2.24, 2.45) is 0 Å². The van der Waals surface area contributed by atoms with Gasteiger partial charge in [0, 0.05) is 34.3 Å². The third-order valence-electron chi connectivity index (χ3n) is 6.00. The molecule has 1 aliphatic heterocycles. The van der Waals surface area contributed by atoms with Crippen molar-refractivity contribution >= 4 is 44.8 Å². The number of sulfone groups is 1. The lowest BCUT2D eigenvalue weighted by Gasteiger charge is -2.53. The van der Waals surface area contributed by atoms with E-state index in [1.54, 1.807) is 24.3 Å². The van der Waals surface area contributed by atoms with E-state index in [2.05, 4.69) is 0 Å². The minimum atomic E-state index is -4.52. The lowest BCUT2D eigenvalue weighted by atomic mass is 9.83. The first-order valence-corrected chi connectivity index (χ1v) is 14.3. The molecule has 1 fully saturated rings. The summed E-state index contributed by atoms with van der Waals surface area (Å²) in [6.07, 6.45) is 0.984. The number of hydrogen-bond donors (Lipinski definition) is 1. The first-order valence-electron chi connectivity index (χ1n) is 10.8. The van der Waals surface area contributed by atoms with Gasteiger partial charge in [-0.15, -0.1) is 0 Å². The summed E-state index contributed by atoms with van der Waals surface area (Å²) in [5, 5.41) is 11.2. The Labute approximate surface area is 222 Å². The van der Waals surface area contributed by atoms with Crippen molar-refractivity contribution < 1.29 is 26.7 Å². The van der Waals surface area contributed by atoms with Crippen LogP contribution in [0, 0.1) is 0 Å². The van der Waals surface area contributed by atoms with Crippen LogP contribution in [0.3, 0.4) is 0 Å². The summed E-state index contributed by atoms with van der Waals surface area (Å²) in [6, 6.07) is 19.3. The molecule has 1 heterocycles. The molecule has 1 aliphatic rings. The van der Waals surface area contributed by atoms with Gasteiger partial charge < -0.3 is 5.11 Å². The molecule has 4 nitrogen and oxygen atoms in total. The van der Waals surface area contributed by atoms with Gasteiger partial charge in [0.1, 0.15) is 10.9 Å². The highest BCUT2D eigenvalue weighted by Crippen LogP contribution is 2.46. The third-order valence-corrected chi connectivity index (χ3v) is 8.79. The zero-order chi connectivity index (χ0) is 26.3. The molecule has 0 aliphatic carbocycles. The number of rotatable bonds is 7. The highest BCUT2D eigenvalue weighted by atomic mass is 35.5. The van der Waals surface area contributed by atoms with Crippen LogP contribution in [0.15, 0.2) is 77.7 Å². The zero-order valence-electron chi connectivity index (χ0n) is 18.9. The summed E-state index contributed by atoms with van der Waals surface area (Å²) in [5.41, 5.74) is -4.35. The Bertz CT molecular complexity index is 1280. The Morgan fingerprint density at radius 1 is 0.917 bits per heavy atom. The molecular weight excluding hydrogens is 554 g/mol. The van der Waals surface area contributed by atoms with E-state index in [9.17, 15) is 26.7 Å². The molecule has 36 heavy (non-hydrogen) atoms. The van der Waals surface area contributed by atoms with Gasteiger partial charge in [-0.1, -0.05) is 59.6 Å². The molecule has 0 radical (unpaired) electrons. The van der Waals surface area contributed by atoms with Gasteiger partial charge >= 0.3 is 5.51 Å². The molecule has 0 spiro atoms. The predicted octanol–water partition coefficient (Wildman–Crippen LogP) is 6.53. The second-order valence-corrected chi connectivity index (χ2v) is 13.0. The van der Waals surface area contributed by atoms with E-state index in [4.69, 9.17) is 23.2 Å². The average Bonchev–Trinajstić information content (AvgIpc) is 2.73. The molecule has 0 bridgehead atoms. The van der Waals surface area contributed by atoms with Crippen LogP contribution in [-0.2, 0) is 9.84 Å². The van der Waals surface area contributed by atoms with E-state index in [-0.39, 0.29) is 41.4 Å². The maximum absolute atomic E-state index is 12.9. The molecule has 0 aromatic heterocycles. The van der Waals surface area contributed by atoms with Crippen LogP contribution in [0.25, 0.3) is 0 Å². The second-order valence-electron chi connectivity index (χ2n) is 8.84. The first kappa shape index (κ1) is 27.3. The molecule has 0 amide bonds. The molecule has 3 aromatic rings. The van der Waals surface area contributed by atoms with Gasteiger partial charge in [0.05, 0.1) is 6.04 Å². The fourth-order valence-corrected chi connectivity index (χ4v) is 7.19. The molecule has 192 valence electrons. The number of halogens is 5. The normalized spacial score (nSPS) is 17.1. The van der Waals surface area contributed by atoms with Crippen LogP contribution < -0.4 is 0 Å². The Morgan fingerprint density at radius 2 is 1.42 bits per heavy atom. The molecule has 1 atom stereocenters. The fraction of sp³-hybridized carbons (Fsp3) is 0.280. The first-order chi connectivity index (χ1) is 16.7. The van der Waals surface area contributed by atoms with Gasteiger partial charge in [0.15, 0.2) is 9.84 Å². The second kappa shape index (κ2) is 10.2. The SMILES string of the molecule is CS(=O)(=O)C(c1cccc(SC(F)(F)F)c1)C1(O)CN(C(c2ccc(Cl)cc2)c2ccc(Cl)cc2)C1. The average molecular weight is 576 g/mol. The largest absolute Gasteiger partial charge is 0.446 e. The van der Waals surface area contributed by atoms with E-state index >= 15 is 0 Å². The van der Waals surface area contributed by atoms with Crippen molar-refractivity contribution in [2.45, 2.75) is 27.3 Å². The standard InChI is InChI=1S/C25H22Cl2F3NO3S2/c1-36(33,34)23(18-3-2-4-21(13-18)35-25(28,29)30)24(32)14-31(15-24)22(16-5-9-19(26)10-6-16)17-7-11-20(27)12-8-17/h2-13,22-23,32H,14-15H2,1H3. The minimum absolute atomic E-state index is 0.0166. The third kappa shape index (κ3) is 6.20. The van der Waals surface area contributed by atoms with Gasteiger partial charge in [-0.25, -0.2) is 8.42 Å². The van der Waals surface area contributed by atoms with E-state index in [1.165, 1.54) is 24.3 Å². The Hall–Kier alpha value is -1.75. The van der Waals surface area contributed by atoms with Crippen LogP contribution in [0.4, 0.5) is 13.2 Å². The Kier molecular flexibility index (Phi) is 7.73. The van der Waals surface area contributed by atoms with Gasteiger partial charge in [-0.2, -0.15) is 13.2 Å². The highest BCUT2D eigenvalue weighted by molar-refractivity contribution is 8.00. The molecule has 1 N–H and O–H groups in total. The van der Waals surface area contributed by atoms with Crippen molar-refractivity contribution in [2.75, 3.05) is 19.3 Å². The number of likely N-dealkylation sites (tertiary alicyclic amines) is 1. The number of thioether (sulfide) groups is 1. The molecule has 11 heteroatoms. The predicted molar refractivity (Wildman–Crippen MR) is 137 cm³/mol. The Balaban J connectivity index is 1.67. The monoisotopic (exact) mass is 575 g/mol. The summed E-state index contributed by atoms with van der Waals surface area (Å²) in [4.78, 5) is 1.77. The Morgan fingerprint density at radius 3 is 1.86 bits per heavy atom. The number of alkyl halides is 3. The molecule has 3 aromatic carbocycles. The summed E-state index contributed by atoms with van der Waals surface area (Å²) in [5.74, 6) is 0. The van der Waals surface area contributed by atoms with Crippen molar-refractivity contribution in [1.82, 2.24) is 4.90 Å².